The lowest BCUT2D eigenvalue weighted by Gasteiger charge is -2.10. The molecule has 108 valence electrons. The highest BCUT2D eigenvalue weighted by Gasteiger charge is 2.11. The van der Waals surface area contributed by atoms with Gasteiger partial charge in [-0.3, -0.25) is 4.79 Å². The van der Waals surface area contributed by atoms with Gasteiger partial charge in [-0.05, 0) is 25.5 Å². The normalized spacial score (nSPS) is 11.8. The van der Waals surface area contributed by atoms with E-state index in [9.17, 15) is 13.6 Å². The predicted molar refractivity (Wildman–Crippen MR) is 77.1 cm³/mol. The summed E-state index contributed by atoms with van der Waals surface area (Å²) in [6.45, 7) is 1.81. The first-order valence-electron chi connectivity index (χ1n) is 5.58. The zero-order chi connectivity index (χ0) is 13.5. The second-order valence-corrected chi connectivity index (χ2v) is 4.97. The number of benzene rings is 1. The number of hydrogen-bond acceptors (Lipinski definition) is 3. The van der Waals surface area contributed by atoms with Gasteiger partial charge in [0.1, 0.15) is 0 Å². The molecule has 1 rings (SSSR count). The largest absolute Gasteiger partial charge is 0.328 e. The lowest BCUT2D eigenvalue weighted by molar-refractivity contribution is -0.116. The van der Waals surface area contributed by atoms with Crippen LogP contribution in [0, 0.1) is 0 Å². The van der Waals surface area contributed by atoms with E-state index in [1.807, 2.05) is 6.92 Å². The summed E-state index contributed by atoms with van der Waals surface area (Å²) in [6, 6.07) is 6.45. The van der Waals surface area contributed by atoms with E-state index in [1.54, 1.807) is 24.3 Å². The summed E-state index contributed by atoms with van der Waals surface area (Å²) in [4.78, 5) is 12.0. The van der Waals surface area contributed by atoms with Crippen molar-refractivity contribution in [2.45, 2.75) is 36.5 Å². The number of halogens is 3. The van der Waals surface area contributed by atoms with Crippen LogP contribution in [0.2, 0.25) is 0 Å². The Morgan fingerprint density at radius 2 is 2.05 bits per heavy atom. The van der Waals surface area contributed by atoms with Crippen LogP contribution in [0.3, 0.4) is 0 Å². The minimum absolute atomic E-state index is 0. The second-order valence-electron chi connectivity index (χ2n) is 3.94. The Morgan fingerprint density at radius 1 is 1.42 bits per heavy atom. The SMILES string of the molecule is CC(N)CCC(=O)Nc1ccccc1SC(F)F.Cl. The van der Waals surface area contributed by atoms with Gasteiger partial charge in [-0.1, -0.05) is 23.9 Å². The van der Waals surface area contributed by atoms with Gasteiger partial charge < -0.3 is 11.1 Å². The van der Waals surface area contributed by atoms with Crippen molar-refractivity contribution in [2.75, 3.05) is 5.32 Å². The lowest BCUT2D eigenvalue weighted by Crippen LogP contribution is -2.19. The van der Waals surface area contributed by atoms with E-state index < -0.39 is 5.76 Å². The van der Waals surface area contributed by atoms with Crippen LogP contribution >= 0.6 is 24.2 Å². The quantitative estimate of drug-likeness (QED) is 0.791. The number of thioether (sulfide) groups is 1. The van der Waals surface area contributed by atoms with E-state index in [-0.39, 0.29) is 30.8 Å². The Labute approximate surface area is 121 Å². The molecule has 19 heavy (non-hydrogen) atoms. The summed E-state index contributed by atoms with van der Waals surface area (Å²) >= 11 is 0.419. The smallest absolute Gasteiger partial charge is 0.288 e. The Morgan fingerprint density at radius 3 is 2.63 bits per heavy atom. The van der Waals surface area contributed by atoms with Gasteiger partial charge in [0.05, 0.1) is 5.69 Å². The van der Waals surface area contributed by atoms with Gasteiger partial charge in [0, 0.05) is 17.4 Å². The molecule has 1 unspecified atom stereocenters. The molecule has 3 N–H and O–H groups in total. The first kappa shape index (κ1) is 18.1. The number of carbonyl (C=O) groups excluding carboxylic acids is 1. The molecule has 0 bridgehead atoms. The number of rotatable bonds is 6. The van der Waals surface area contributed by atoms with Gasteiger partial charge >= 0.3 is 0 Å². The maximum atomic E-state index is 12.3. The molecule has 1 aromatic carbocycles. The molecule has 0 aliphatic rings. The first-order valence-corrected chi connectivity index (χ1v) is 6.46. The number of anilines is 1. The van der Waals surface area contributed by atoms with Crippen molar-refractivity contribution in [2.24, 2.45) is 5.73 Å². The maximum Gasteiger partial charge on any atom is 0.288 e. The van der Waals surface area contributed by atoms with Crippen LogP contribution in [0.4, 0.5) is 14.5 Å². The van der Waals surface area contributed by atoms with E-state index in [0.29, 0.717) is 28.8 Å². The topological polar surface area (TPSA) is 55.1 Å². The molecule has 7 heteroatoms. The van der Waals surface area contributed by atoms with Crippen molar-refractivity contribution in [1.29, 1.82) is 0 Å². The Bertz CT molecular complexity index is 405. The summed E-state index contributed by atoms with van der Waals surface area (Å²) in [5, 5.41) is 2.62. The number of para-hydroxylation sites is 1. The summed E-state index contributed by atoms with van der Waals surface area (Å²) < 4.78 is 24.7. The zero-order valence-corrected chi connectivity index (χ0v) is 12.1. The molecule has 0 saturated heterocycles. The summed E-state index contributed by atoms with van der Waals surface area (Å²) in [5.74, 6) is -2.72. The molecule has 3 nitrogen and oxygen atoms in total. The van der Waals surface area contributed by atoms with Crippen LogP contribution in [-0.2, 0) is 4.79 Å². The number of hydrogen-bond donors (Lipinski definition) is 2. The fraction of sp³-hybridized carbons (Fsp3) is 0.417. The van der Waals surface area contributed by atoms with Gasteiger partial charge in [-0.2, -0.15) is 8.78 Å². The van der Waals surface area contributed by atoms with Crippen LogP contribution in [-0.4, -0.2) is 17.7 Å². The van der Waals surface area contributed by atoms with Crippen molar-refractivity contribution in [1.82, 2.24) is 0 Å². The van der Waals surface area contributed by atoms with Crippen LogP contribution < -0.4 is 11.1 Å². The third kappa shape index (κ3) is 7.34. The third-order valence-corrected chi connectivity index (χ3v) is 2.99. The predicted octanol–water partition coefficient (Wildman–Crippen LogP) is 3.49. The van der Waals surface area contributed by atoms with Crippen molar-refractivity contribution >= 4 is 35.8 Å². The average Bonchev–Trinajstić information content (AvgIpc) is 2.28. The van der Waals surface area contributed by atoms with Gasteiger partial charge in [0.15, 0.2) is 0 Å². The van der Waals surface area contributed by atoms with Gasteiger partial charge in [0.25, 0.3) is 5.76 Å². The Kier molecular flexibility index (Phi) is 8.71. The molecule has 0 aliphatic carbocycles. The average molecular weight is 311 g/mol. The third-order valence-electron chi connectivity index (χ3n) is 2.20. The van der Waals surface area contributed by atoms with Gasteiger partial charge in [-0.15, -0.1) is 12.4 Å². The van der Waals surface area contributed by atoms with Gasteiger partial charge in [0.2, 0.25) is 5.91 Å². The Balaban J connectivity index is 0.00000324. The van der Waals surface area contributed by atoms with E-state index in [1.165, 1.54) is 0 Å². The number of alkyl halides is 2. The molecule has 0 radical (unpaired) electrons. The molecule has 0 aliphatic heterocycles. The molecule has 0 spiro atoms. The fourth-order valence-corrected chi connectivity index (χ4v) is 1.94. The molecule has 1 amide bonds. The van der Waals surface area contributed by atoms with E-state index >= 15 is 0 Å². The number of carbonyl (C=O) groups is 1. The van der Waals surface area contributed by atoms with Crippen molar-refractivity contribution in [3.05, 3.63) is 24.3 Å². The minimum Gasteiger partial charge on any atom is -0.328 e. The molecule has 1 atom stereocenters. The molecule has 0 saturated carbocycles. The number of amides is 1. The zero-order valence-electron chi connectivity index (χ0n) is 10.4. The van der Waals surface area contributed by atoms with Crippen LogP contribution in [0.15, 0.2) is 29.2 Å². The molecule has 1 aromatic rings. The first-order chi connectivity index (χ1) is 8.49. The van der Waals surface area contributed by atoms with Gasteiger partial charge in [-0.25, -0.2) is 0 Å². The van der Waals surface area contributed by atoms with Crippen molar-refractivity contribution < 1.29 is 13.6 Å². The summed E-state index contributed by atoms with van der Waals surface area (Å²) in [5.41, 5.74) is 5.96. The number of nitrogens with two attached hydrogens (primary N) is 1. The van der Waals surface area contributed by atoms with Crippen LogP contribution in [0.1, 0.15) is 19.8 Å². The number of nitrogens with one attached hydrogen (secondary N) is 1. The van der Waals surface area contributed by atoms with E-state index in [2.05, 4.69) is 5.32 Å². The Hall–Kier alpha value is -0.850. The summed E-state index contributed by atoms with van der Waals surface area (Å²) in [7, 11) is 0. The molecular formula is C12H17ClF2N2OS. The minimum atomic E-state index is -2.51. The standard InChI is InChI=1S/C12H16F2N2OS.ClH/c1-8(15)6-7-11(17)16-9-4-2-3-5-10(9)18-12(13)14;/h2-5,8,12H,6-7,15H2,1H3,(H,16,17);1H. The lowest BCUT2D eigenvalue weighted by atomic mass is 10.2. The summed E-state index contributed by atoms with van der Waals surface area (Å²) in [6.07, 6.45) is 0.849. The monoisotopic (exact) mass is 310 g/mol. The molecular weight excluding hydrogens is 294 g/mol. The second kappa shape index (κ2) is 9.12. The van der Waals surface area contributed by atoms with E-state index in [0.717, 1.165) is 0 Å². The highest BCUT2D eigenvalue weighted by atomic mass is 35.5. The van der Waals surface area contributed by atoms with Crippen molar-refractivity contribution in [3.63, 3.8) is 0 Å². The maximum absolute atomic E-state index is 12.3. The fourth-order valence-electron chi connectivity index (χ4n) is 1.34. The van der Waals surface area contributed by atoms with Crippen LogP contribution in [0.25, 0.3) is 0 Å². The van der Waals surface area contributed by atoms with Crippen LogP contribution in [0.5, 0.6) is 0 Å². The molecule has 0 fully saturated rings. The van der Waals surface area contributed by atoms with Crippen molar-refractivity contribution in [3.8, 4) is 0 Å². The molecule has 0 aromatic heterocycles. The van der Waals surface area contributed by atoms with E-state index in [4.69, 9.17) is 5.73 Å². The highest BCUT2D eigenvalue weighted by molar-refractivity contribution is 7.99. The molecule has 0 heterocycles. The highest BCUT2D eigenvalue weighted by Crippen LogP contribution is 2.31.